The lowest BCUT2D eigenvalue weighted by Gasteiger charge is -2.04. The van der Waals surface area contributed by atoms with Gasteiger partial charge in [-0.3, -0.25) is 4.72 Å². The van der Waals surface area contributed by atoms with E-state index in [-0.39, 0.29) is 16.6 Å². The molecule has 2 N–H and O–H groups in total. The summed E-state index contributed by atoms with van der Waals surface area (Å²) in [5, 5.41) is 8.80. The third kappa shape index (κ3) is 3.06. The summed E-state index contributed by atoms with van der Waals surface area (Å²) in [4.78, 5) is 4.74. The molecule has 0 saturated carbocycles. The molecule has 0 bridgehead atoms. The highest BCUT2D eigenvalue weighted by Gasteiger charge is 2.17. The van der Waals surface area contributed by atoms with Crippen LogP contribution >= 0.6 is 11.3 Å². The Bertz CT molecular complexity index is 608. The molecule has 0 radical (unpaired) electrons. The van der Waals surface area contributed by atoms with E-state index in [1.165, 1.54) is 12.3 Å². The van der Waals surface area contributed by atoms with E-state index in [2.05, 4.69) is 9.71 Å². The lowest BCUT2D eigenvalue weighted by molar-refractivity contribution is 0.300. The van der Waals surface area contributed by atoms with Crippen LogP contribution in [0.1, 0.15) is 4.88 Å². The SMILES string of the molecule is O=S(=O)(Nc1ccccn1)c1ccc(CCO)s1. The summed E-state index contributed by atoms with van der Waals surface area (Å²) in [6.45, 7) is 0.00761. The molecule has 7 heteroatoms. The molecule has 0 aliphatic heterocycles. The van der Waals surface area contributed by atoms with Gasteiger partial charge in [0.1, 0.15) is 10.0 Å². The highest BCUT2D eigenvalue weighted by molar-refractivity contribution is 7.94. The Morgan fingerprint density at radius 1 is 1.28 bits per heavy atom. The van der Waals surface area contributed by atoms with Gasteiger partial charge in [-0.25, -0.2) is 13.4 Å². The van der Waals surface area contributed by atoms with E-state index in [9.17, 15) is 8.42 Å². The second-order valence-corrected chi connectivity index (χ2v) is 6.59. The fourth-order valence-corrected chi connectivity index (χ4v) is 3.71. The lowest BCUT2D eigenvalue weighted by atomic mass is 10.4. The minimum Gasteiger partial charge on any atom is -0.396 e. The number of sulfonamides is 1. The minimum absolute atomic E-state index is 0.00761. The Morgan fingerprint density at radius 3 is 2.78 bits per heavy atom. The molecule has 0 aliphatic carbocycles. The molecular weight excluding hydrogens is 272 g/mol. The van der Waals surface area contributed by atoms with Crippen molar-refractivity contribution in [2.45, 2.75) is 10.6 Å². The fourth-order valence-electron chi connectivity index (χ4n) is 1.36. The predicted molar refractivity (Wildman–Crippen MR) is 70.2 cm³/mol. The maximum absolute atomic E-state index is 12.0. The molecule has 2 aromatic heterocycles. The van der Waals surface area contributed by atoms with Crippen LogP contribution in [0.5, 0.6) is 0 Å². The zero-order valence-corrected chi connectivity index (χ0v) is 11.0. The second kappa shape index (κ2) is 5.47. The van der Waals surface area contributed by atoms with Gasteiger partial charge in [-0.05, 0) is 24.3 Å². The van der Waals surface area contributed by atoms with Gasteiger partial charge in [-0.2, -0.15) is 0 Å². The van der Waals surface area contributed by atoms with Crippen LogP contribution in [0.4, 0.5) is 5.82 Å². The Labute approximate surface area is 109 Å². The summed E-state index contributed by atoms with van der Waals surface area (Å²) in [6, 6.07) is 8.23. The van der Waals surface area contributed by atoms with E-state index in [0.29, 0.717) is 6.42 Å². The molecular formula is C11H12N2O3S2. The molecule has 96 valence electrons. The van der Waals surface area contributed by atoms with E-state index in [0.717, 1.165) is 16.2 Å². The van der Waals surface area contributed by atoms with Crippen molar-refractivity contribution in [2.24, 2.45) is 0 Å². The first kappa shape index (κ1) is 13.0. The van der Waals surface area contributed by atoms with Crippen molar-refractivity contribution in [3.8, 4) is 0 Å². The molecule has 0 atom stereocenters. The monoisotopic (exact) mass is 284 g/mol. The van der Waals surface area contributed by atoms with Gasteiger partial charge in [0, 0.05) is 24.1 Å². The Balaban J connectivity index is 2.20. The number of nitrogens with one attached hydrogen (secondary N) is 1. The molecule has 0 amide bonds. The lowest BCUT2D eigenvalue weighted by Crippen LogP contribution is -2.12. The van der Waals surface area contributed by atoms with Crippen molar-refractivity contribution in [3.63, 3.8) is 0 Å². The van der Waals surface area contributed by atoms with Gasteiger partial charge in [0.25, 0.3) is 10.0 Å². The maximum atomic E-state index is 12.0. The van der Waals surface area contributed by atoms with E-state index in [1.807, 2.05) is 0 Å². The molecule has 0 aliphatic rings. The summed E-state index contributed by atoms with van der Waals surface area (Å²) < 4.78 is 26.7. The third-order valence-electron chi connectivity index (χ3n) is 2.16. The van der Waals surface area contributed by atoms with E-state index >= 15 is 0 Å². The van der Waals surface area contributed by atoms with Crippen LogP contribution in [-0.4, -0.2) is 25.1 Å². The smallest absolute Gasteiger partial charge is 0.272 e. The first-order valence-electron chi connectivity index (χ1n) is 5.25. The van der Waals surface area contributed by atoms with Gasteiger partial charge in [0.15, 0.2) is 0 Å². The number of rotatable bonds is 5. The van der Waals surface area contributed by atoms with Crippen molar-refractivity contribution < 1.29 is 13.5 Å². The minimum atomic E-state index is -3.59. The number of aromatic nitrogens is 1. The molecule has 18 heavy (non-hydrogen) atoms. The van der Waals surface area contributed by atoms with Crippen LogP contribution in [0.3, 0.4) is 0 Å². The van der Waals surface area contributed by atoms with Gasteiger partial charge in [0.05, 0.1) is 0 Å². The molecule has 0 spiro atoms. The van der Waals surface area contributed by atoms with Crippen molar-refractivity contribution in [2.75, 3.05) is 11.3 Å². The Hall–Kier alpha value is -1.44. The van der Waals surface area contributed by atoms with Gasteiger partial charge in [-0.1, -0.05) is 6.07 Å². The van der Waals surface area contributed by atoms with Crippen LogP contribution in [0.25, 0.3) is 0 Å². The molecule has 2 rings (SSSR count). The zero-order chi connectivity index (χ0) is 13.0. The average Bonchev–Trinajstić information content (AvgIpc) is 2.80. The summed E-state index contributed by atoms with van der Waals surface area (Å²) in [5.74, 6) is 0.287. The quantitative estimate of drug-likeness (QED) is 0.871. The molecule has 0 aromatic carbocycles. The largest absolute Gasteiger partial charge is 0.396 e. The number of aliphatic hydroxyl groups excluding tert-OH is 1. The molecule has 2 heterocycles. The van der Waals surface area contributed by atoms with E-state index in [1.54, 1.807) is 24.3 Å². The van der Waals surface area contributed by atoms with Crippen LogP contribution in [-0.2, 0) is 16.4 Å². The number of nitrogens with zero attached hydrogens (tertiary/aromatic N) is 1. The van der Waals surface area contributed by atoms with Gasteiger partial charge in [0.2, 0.25) is 0 Å². The molecule has 0 saturated heterocycles. The van der Waals surface area contributed by atoms with E-state index < -0.39 is 10.0 Å². The highest BCUT2D eigenvalue weighted by Crippen LogP contribution is 2.23. The van der Waals surface area contributed by atoms with E-state index in [4.69, 9.17) is 5.11 Å². The number of anilines is 1. The molecule has 5 nitrogen and oxygen atoms in total. The van der Waals surface area contributed by atoms with Crippen molar-refractivity contribution in [3.05, 3.63) is 41.4 Å². The van der Waals surface area contributed by atoms with Crippen LogP contribution in [0, 0.1) is 0 Å². The standard InChI is InChI=1S/C11H12N2O3S2/c14-8-6-9-4-5-11(17-9)18(15,16)13-10-3-1-2-7-12-10/h1-5,7,14H,6,8H2,(H,12,13). The van der Waals surface area contributed by atoms with Gasteiger partial charge in [-0.15, -0.1) is 11.3 Å². The average molecular weight is 284 g/mol. The summed E-state index contributed by atoms with van der Waals surface area (Å²) in [7, 11) is -3.59. The number of hydrogen-bond acceptors (Lipinski definition) is 5. The number of aliphatic hydroxyl groups is 1. The fraction of sp³-hybridized carbons (Fsp3) is 0.182. The summed E-state index contributed by atoms with van der Waals surface area (Å²) in [6.07, 6.45) is 1.98. The first-order chi connectivity index (χ1) is 8.62. The van der Waals surface area contributed by atoms with Crippen molar-refractivity contribution in [1.82, 2.24) is 4.98 Å². The predicted octanol–water partition coefficient (Wildman–Crippen LogP) is 1.48. The Kier molecular flexibility index (Phi) is 3.95. The topological polar surface area (TPSA) is 79.3 Å². The van der Waals surface area contributed by atoms with Gasteiger partial charge < -0.3 is 5.11 Å². The normalized spacial score (nSPS) is 11.4. The van der Waals surface area contributed by atoms with Crippen LogP contribution in [0.15, 0.2) is 40.7 Å². The highest BCUT2D eigenvalue weighted by atomic mass is 32.2. The second-order valence-electron chi connectivity index (χ2n) is 3.51. The summed E-state index contributed by atoms with van der Waals surface area (Å²) in [5.41, 5.74) is 0. The molecule has 0 unspecified atom stereocenters. The van der Waals surface area contributed by atoms with Crippen molar-refractivity contribution in [1.29, 1.82) is 0 Å². The van der Waals surface area contributed by atoms with Crippen LogP contribution in [0.2, 0.25) is 0 Å². The number of hydrogen-bond donors (Lipinski definition) is 2. The zero-order valence-electron chi connectivity index (χ0n) is 9.41. The van der Waals surface area contributed by atoms with Crippen molar-refractivity contribution >= 4 is 27.2 Å². The molecule has 2 aromatic rings. The molecule has 0 fully saturated rings. The number of thiophene rings is 1. The van der Waals surface area contributed by atoms with Gasteiger partial charge >= 0.3 is 0 Å². The third-order valence-corrected chi connectivity index (χ3v) is 5.16. The first-order valence-corrected chi connectivity index (χ1v) is 7.55. The summed E-state index contributed by atoms with van der Waals surface area (Å²) >= 11 is 1.15. The number of pyridine rings is 1. The van der Waals surface area contributed by atoms with Crippen LogP contribution < -0.4 is 4.72 Å². The Morgan fingerprint density at radius 2 is 2.11 bits per heavy atom. The maximum Gasteiger partial charge on any atom is 0.272 e.